The van der Waals surface area contributed by atoms with Crippen molar-refractivity contribution in [2.75, 3.05) is 52.9 Å². The number of hydrogen-bond donors (Lipinski definition) is 6. The molecule has 0 bridgehead atoms. The number of thiazole rings is 6. The second kappa shape index (κ2) is 38.7. The Morgan fingerprint density at radius 2 is 0.714 bits per heavy atom. The fourth-order valence-electron chi connectivity index (χ4n) is 19.4. The zero-order chi connectivity index (χ0) is 92.7. The van der Waals surface area contributed by atoms with E-state index in [2.05, 4.69) is 65.5 Å². The minimum absolute atomic E-state index is 0.0141. The van der Waals surface area contributed by atoms with E-state index in [0.29, 0.717) is 39.2 Å². The molecule has 4 aliphatic carbocycles. The molecule has 8 aliphatic rings. The normalized spacial score (nSPS) is 26.2. The molecule has 0 amide bonds. The predicted octanol–water partition coefficient (Wildman–Crippen LogP) is 19.5. The third kappa shape index (κ3) is 19.7. The van der Waals surface area contributed by atoms with Crippen LogP contribution in [0.15, 0.2) is 141 Å². The molecular formula is C94H104N18O11S10. The number of carbonyl (C=O) groups is 1. The smallest absolute Gasteiger partial charge is 0.189 e. The summed E-state index contributed by atoms with van der Waals surface area (Å²) in [7, 11) is 0. The molecule has 0 radical (unpaired) electrons. The number of aromatic nitrogens is 14. The summed E-state index contributed by atoms with van der Waals surface area (Å²) in [5.74, 6) is 0.275. The molecule has 0 spiro atoms. The molecule has 6 N–H and O–H groups in total. The molecule has 696 valence electrons. The molecule has 4 aliphatic heterocycles. The molecule has 1 unspecified atom stereocenters. The number of aliphatic hydroxyl groups is 2. The van der Waals surface area contributed by atoms with Crippen molar-refractivity contribution >= 4 is 185 Å². The van der Waals surface area contributed by atoms with Crippen LogP contribution in [0.3, 0.4) is 0 Å². The van der Waals surface area contributed by atoms with Gasteiger partial charge in [0.15, 0.2) is 43.8 Å². The lowest BCUT2D eigenvalue weighted by atomic mass is 9.98. The Morgan fingerprint density at radius 3 is 1.06 bits per heavy atom. The van der Waals surface area contributed by atoms with Crippen molar-refractivity contribution in [1.82, 2.24) is 69.8 Å². The number of aldehydes is 1. The van der Waals surface area contributed by atoms with Crippen LogP contribution in [0.25, 0.3) is 83.2 Å². The van der Waals surface area contributed by atoms with E-state index in [-0.39, 0.29) is 97.4 Å². The lowest BCUT2D eigenvalue weighted by Crippen LogP contribution is -2.35. The summed E-state index contributed by atoms with van der Waals surface area (Å²) < 4.78 is 54.5. The van der Waals surface area contributed by atoms with Gasteiger partial charge in [-0.1, -0.05) is 95.6 Å². The number of benzene rings is 4. The first-order valence-corrected chi connectivity index (χ1v) is 54.1. The highest BCUT2D eigenvalue weighted by Crippen LogP contribution is 2.53. The summed E-state index contributed by atoms with van der Waals surface area (Å²) in [5, 5.41) is 47.9. The number of hydrogen-bond acceptors (Lipinski definition) is 39. The van der Waals surface area contributed by atoms with Gasteiger partial charge in [0, 0.05) is 53.9 Å². The van der Waals surface area contributed by atoms with Crippen molar-refractivity contribution in [1.29, 1.82) is 0 Å². The predicted molar refractivity (Wildman–Crippen MR) is 532 cm³/mol. The number of fused-ring (bicyclic) bond motifs is 8. The third-order valence-electron chi connectivity index (χ3n) is 24.9. The Balaban J connectivity index is 0.000000115. The zero-order valence-electron chi connectivity index (χ0n) is 76.1. The van der Waals surface area contributed by atoms with Gasteiger partial charge < -0.3 is 74.2 Å². The van der Waals surface area contributed by atoms with E-state index in [1.165, 1.54) is 46.6 Å². The highest BCUT2D eigenvalue weighted by atomic mass is 32.2. The molecule has 10 aromatic heterocycles. The number of nitrogens with one attached hydrogen (secondary N) is 4. The highest BCUT2D eigenvalue weighted by Gasteiger charge is 2.59. The Bertz CT molecular complexity index is 6430. The molecule has 14 heterocycles. The number of nitrogens with zero attached hydrogens (tertiary/aromatic N) is 14. The first-order chi connectivity index (χ1) is 64.0. The van der Waals surface area contributed by atoms with Crippen LogP contribution in [-0.2, 0) is 49.1 Å². The first-order valence-electron chi connectivity index (χ1n) is 44.1. The van der Waals surface area contributed by atoms with E-state index in [9.17, 15) is 15.0 Å². The third-order valence-corrected chi connectivity index (χ3v) is 33.0. The summed E-state index contributed by atoms with van der Waals surface area (Å²) in [6.07, 6.45) is 14.3. The van der Waals surface area contributed by atoms with Crippen LogP contribution in [0.2, 0.25) is 0 Å². The standard InChI is InChI=1S/C25H27N5O3S3.C25H27N5O2S3.C22H26N4O3S2.C22H24N4O3S2/c1-12-17(22-29-14-7-5-6-8-16(14)36-22)21(30-24(27-12)34-4)28-15-11-13(18(31)23-26-9-10-35-23)19-20(15)33-25(2,3)32-19;1-13-19(23-29-15-7-5-6-8-17(15)35-23)22(30-24(27-13)33-4)28-16-11-14(12-18-26-9-10-34-18)20-21(16)32-25(2,3)31-20;2*1-11-16(20-25-13-7-5-6-8-15(13)31-20)19(26-21(23-11)30-4)24-14-9-12(10-27)17-18(14)29-22(2,3)28-17/h5-10,13,15,18-20,31H,11H2,1-4H3,(H,27,28,30);5-10,14,16,20-21H,11-12H2,1-4H3,(H,27,28,30);5-8,12,14,17-18,27H,9-10H2,1-4H3,(H,23,24,26);5-8,10,12,14,17-18H,9H2,1-4H3,(H,23,24,26)/t13-,15-,18?,19-,20+;14-,16-,20-,21+;2*12-,14-,17-,18+/m1111/s1. The SMILES string of the molecule is CSc1nc(C)c(-c2nc3ccccc3s2)c(N[C@@H]2C[C@H](C(O)c3nccs3)[C@H]3OC(C)(C)O[C@H]32)n1.CSc1nc(C)c(-c2nc3ccccc3s2)c(N[C@@H]2C[C@H](C=O)[C@H]3OC(C)(C)O[C@H]32)n1.CSc1nc(C)c(-c2nc3ccccc3s2)c(N[C@@H]2C[C@H](CO)[C@H]3OC(C)(C)O[C@H]32)n1.CSc1nc(C)c(-c2nc3ccccc3s2)c(N[C@@H]2C[C@H](Cc3nccs3)[C@H]3OC(C)(C)O[C@H]32)n1. The Labute approximate surface area is 811 Å². The molecule has 29 nitrogen and oxygen atoms in total. The van der Waals surface area contributed by atoms with Gasteiger partial charge in [-0.15, -0.1) is 68.0 Å². The van der Waals surface area contributed by atoms with Crippen LogP contribution in [0.5, 0.6) is 0 Å². The Kier molecular flexibility index (Phi) is 27.3. The minimum atomic E-state index is -0.738. The van der Waals surface area contributed by atoms with Crippen molar-refractivity contribution < 1.29 is 52.9 Å². The van der Waals surface area contributed by atoms with Crippen molar-refractivity contribution in [3.8, 4) is 42.3 Å². The van der Waals surface area contributed by atoms with Crippen molar-refractivity contribution in [2.24, 2.45) is 23.7 Å². The lowest BCUT2D eigenvalue weighted by Gasteiger charge is -2.26. The van der Waals surface area contributed by atoms with Crippen molar-refractivity contribution in [2.45, 2.75) is 238 Å². The molecular weight excluding hydrogens is 1880 g/mol. The molecule has 14 aromatic rings. The second-order valence-electron chi connectivity index (χ2n) is 35.8. The summed E-state index contributed by atoms with van der Waals surface area (Å²) in [6, 6.07) is 32.4. The number of aryl methyl sites for hydroxylation is 4. The van der Waals surface area contributed by atoms with E-state index in [0.717, 1.165) is 165 Å². The highest BCUT2D eigenvalue weighted by molar-refractivity contribution is 7.99. The Morgan fingerprint density at radius 1 is 0.398 bits per heavy atom. The van der Waals surface area contributed by atoms with Gasteiger partial charge >= 0.3 is 0 Å². The van der Waals surface area contributed by atoms with Crippen molar-refractivity contribution in [3.05, 3.63) is 153 Å². The van der Waals surface area contributed by atoms with Gasteiger partial charge in [-0.2, -0.15) is 0 Å². The van der Waals surface area contributed by atoms with E-state index < -0.39 is 29.3 Å². The maximum Gasteiger partial charge on any atom is 0.189 e. The van der Waals surface area contributed by atoms with Crippen LogP contribution >= 0.6 is 115 Å². The lowest BCUT2D eigenvalue weighted by molar-refractivity contribution is -0.162. The molecule has 17 atom stereocenters. The number of anilines is 4. The van der Waals surface area contributed by atoms with Gasteiger partial charge in [-0.3, -0.25) is 0 Å². The number of carbonyl (C=O) groups excluding carboxylic acids is 1. The number of rotatable bonds is 22. The molecule has 22 rings (SSSR count). The van der Waals surface area contributed by atoms with E-state index >= 15 is 0 Å². The molecule has 4 aromatic carbocycles. The monoisotopic (exact) mass is 1980 g/mol. The number of ether oxygens (including phenoxy) is 8. The number of aliphatic hydroxyl groups excluding tert-OH is 2. The van der Waals surface area contributed by atoms with E-state index in [1.54, 1.807) is 74.6 Å². The van der Waals surface area contributed by atoms with Crippen LogP contribution < -0.4 is 21.3 Å². The quantitative estimate of drug-likeness (QED) is 0.0208. The van der Waals surface area contributed by atoms with E-state index in [4.69, 9.17) is 87.7 Å². The van der Waals surface area contributed by atoms with Crippen molar-refractivity contribution in [3.63, 3.8) is 0 Å². The molecule has 8 fully saturated rings. The van der Waals surface area contributed by atoms with Gasteiger partial charge in [-0.25, -0.2) is 69.8 Å². The Hall–Kier alpha value is -8.11. The topological polar surface area (TPSA) is 360 Å². The fraction of sp³-hybridized carbons (Fsp3) is 0.457. The molecule has 133 heavy (non-hydrogen) atoms. The van der Waals surface area contributed by atoms with Gasteiger partial charge in [0.05, 0.1) is 139 Å². The van der Waals surface area contributed by atoms with Gasteiger partial charge in [0.25, 0.3) is 0 Å². The summed E-state index contributed by atoms with van der Waals surface area (Å²) >= 11 is 15.8. The summed E-state index contributed by atoms with van der Waals surface area (Å²) in [5.41, 5.74) is 11.1. The summed E-state index contributed by atoms with van der Waals surface area (Å²) in [6.45, 7) is 23.5. The molecule has 39 heteroatoms. The van der Waals surface area contributed by atoms with Gasteiger partial charge in [-0.05, 0) is 188 Å². The van der Waals surface area contributed by atoms with Crippen LogP contribution in [0.1, 0.15) is 120 Å². The average molecular weight is 1980 g/mol. The van der Waals surface area contributed by atoms with Crippen LogP contribution in [0.4, 0.5) is 23.3 Å². The van der Waals surface area contributed by atoms with Gasteiger partial charge in [0.2, 0.25) is 0 Å². The molecule has 4 saturated heterocycles. The second-order valence-corrected chi connectivity index (χ2v) is 45.0. The van der Waals surface area contributed by atoms with E-state index in [1.807, 2.05) is 198 Å². The number of para-hydroxylation sites is 4. The maximum absolute atomic E-state index is 11.7. The average Bonchev–Trinajstić information content (AvgIpc) is 1.60. The largest absolute Gasteiger partial charge is 0.396 e. The number of thioether (sulfide) groups is 4. The van der Waals surface area contributed by atoms with Crippen LogP contribution in [-0.4, -0.2) is 214 Å². The fourth-order valence-corrected chi connectivity index (χ4v) is 26.7. The van der Waals surface area contributed by atoms with Crippen LogP contribution in [0, 0.1) is 51.4 Å². The molecule has 4 saturated carbocycles. The minimum Gasteiger partial charge on any atom is -0.396 e. The summed E-state index contributed by atoms with van der Waals surface area (Å²) in [4.78, 5) is 78.2. The first kappa shape index (κ1) is 93.9. The maximum atomic E-state index is 11.7. The van der Waals surface area contributed by atoms with Gasteiger partial charge in [0.1, 0.15) is 85.1 Å². The zero-order valence-corrected chi connectivity index (χ0v) is 84.3.